The van der Waals surface area contributed by atoms with E-state index in [1.54, 1.807) is 54.0 Å². The second-order valence-corrected chi connectivity index (χ2v) is 19.2. The van der Waals surface area contributed by atoms with Crippen molar-refractivity contribution >= 4 is 46.7 Å². The quantitative estimate of drug-likeness (QED) is 0.0297. The van der Waals surface area contributed by atoms with Crippen molar-refractivity contribution in [3.63, 3.8) is 0 Å². The fraction of sp³-hybridized carbons (Fsp3) is 0.532. The maximum atomic E-state index is 14.1. The van der Waals surface area contributed by atoms with Gasteiger partial charge in [0, 0.05) is 78.3 Å². The van der Waals surface area contributed by atoms with Gasteiger partial charge in [-0.3, -0.25) is 19.2 Å². The molecule has 2 rings (SSSR count). The summed E-state index contributed by atoms with van der Waals surface area (Å²) in [5, 5.41) is 3.06. The average molecular weight is 819 g/mol. The topological polar surface area (TPSA) is 158 Å². The first kappa shape index (κ1) is 49.9. The molecule has 0 atom stereocenters. The molecule has 0 aromatic heterocycles. The molecular formula is C47H70N4O4S2. The Balaban J connectivity index is 2.51. The van der Waals surface area contributed by atoms with Gasteiger partial charge in [0.1, 0.15) is 11.6 Å². The molecule has 0 saturated carbocycles. The van der Waals surface area contributed by atoms with Crippen LogP contribution in [0.5, 0.6) is 0 Å². The maximum absolute atomic E-state index is 14.1. The first-order valence-corrected chi connectivity index (χ1v) is 22.4. The number of hydrogen-bond acceptors (Lipinski definition) is 10. The van der Waals surface area contributed by atoms with E-state index in [0.29, 0.717) is 75.2 Å². The minimum Gasteiger partial charge on any atom is -0.391 e. The number of ketones is 4. The van der Waals surface area contributed by atoms with Gasteiger partial charge in [-0.05, 0) is 96.8 Å². The van der Waals surface area contributed by atoms with E-state index >= 15 is 0 Å². The molecule has 0 aliphatic heterocycles. The van der Waals surface area contributed by atoms with Gasteiger partial charge in [0.25, 0.3) is 0 Å². The standard InChI is InChI=1S/C47H70N4O4S2/c1-9-51-23-12-17-41(53)30-36(18-19-46(3,4)5)44(57-25-22-50)33(2)26-42(54)34-14-10-15-35(27-34)43(55)32-38-29-39(47(6,7)8)28-37(31-40(52)16-11-20-48)45(38)56-24-13-21-49/h9-10,14-15,18,27-29,51H,1,11-13,16-17,19-26,30-32,48-50H2,2-8H3/b36-18-,44-33-. The van der Waals surface area contributed by atoms with Gasteiger partial charge in [0.05, 0.1) is 0 Å². The van der Waals surface area contributed by atoms with Gasteiger partial charge >= 0.3 is 0 Å². The van der Waals surface area contributed by atoms with Crippen LogP contribution in [0.4, 0.5) is 0 Å². The molecule has 0 unspecified atom stereocenters. The molecule has 10 heteroatoms. The number of hydrogen-bond donors (Lipinski definition) is 4. The van der Waals surface area contributed by atoms with Gasteiger partial charge in [0.2, 0.25) is 0 Å². The highest BCUT2D eigenvalue weighted by Crippen LogP contribution is 2.36. The van der Waals surface area contributed by atoms with Gasteiger partial charge in [0.15, 0.2) is 11.6 Å². The van der Waals surface area contributed by atoms with E-state index in [4.69, 9.17) is 17.2 Å². The van der Waals surface area contributed by atoms with E-state index in [2.05, 4.69) is 71.6 Å². The number of benzene rings is 2. The molecule has 8 nitrogen and oxygen atoms in total. The highest BCUT2D eigenvalue weighted by molar-refractivity contribution is 8.03. The van der Waals surface area contributed by atoms with Crippen molar-refractivity contribution in [3.05, 3.63) is 99.1 Å². The predicted molar refractivity (Wildman–Crippen MR) is 243 cm³/mol. The van der Waals surface area contributed by atoms with Crippen LogP contribution < -0.4 is 22.5 Å². The number of Topliss-reactive ketones (excluding diaryl/α,β-unsaturated/α-hetero) is 4. The minimum atomic E-state index is -0.204. The van der Waals surface area contributed by atoms with Crippen molar-refractivity contribution < 1.29 is 19.2 Å². The number of carbonyl (C=O) groups is 4. The molecule has 0 aliphatic carbocycles. The minimum absolute atomic E-state index is 0.0178. The Kier molecular flexibility index (Phi) is 22.1. The van der Waals surface area contributed by atoms with E-state index in [0.717, 1.165) is 56.2 Å². The molecule has 0 saturated heterocycles. The summed E-state index contributed by atoms with van der Waals surface area (Å²) in [6.07, 6.45) is 8.45. The van der Waals surface area contributed by atoms with Crippen LogP contribution in [0.25, 0.3) is 0 Å². The molecule has 57 heavy (non-hydrogen) atoms. The van der Waals surface area contributed by atoms with E-state index in [1.165, 1.54) is 0 Å². The van der Waals surface area contributed by atoms with Gasteiger partial charge < -0.3 is 22.5 Å². The van der Waals surface area contributed by atoms with Crippen molar-refractivity contribution in [2.75, 3.05) is 37.7 Å². The fourth-order valence-electron chi connectivity index (χ4n) is 6.17. The van der Waals surface area contributed by atoms with Crippen LogP contribution in [-0.4, -0.2) is 60.8 Å². The summed E-state index contributed by atoms with van der Waals surface area (Å²) in [6, 6.07) is 11.2. The number of nitrogens with one attached hydrogen (secondary N) is 1. The molecule has 0 aliphatic rings. The zero-order chi connectivity index (χ0) is 42.6. The first-order chi connectivity index (χ1) is 26.9. The monoisotopic (exact) mass is 818 g/mol. The number of allylic oxidation sites excluding steroid dienone is 3. The summed E-state index contributed by atoms with van der Waals surface area (Å²) in [4.78, 5) is 56.2. The Morgan fingerprint density at radius 2 is 1.40 bits per heavy atom. The van der Waals surface area contributed by atoms with Crippen molar-refractivity contribution in [2.45, 2.75) is 123 Å². The van der Waals surface area contributed by atoms with Crippen LogP contribution in [0.3, 0.4) is 0 Å². The number of rotatable bonds is 27. The average Bonchev–Trinajstić information content (AvgIpc) is 3.14. The summed E-state index contributed by atoms with van der Waals surface area (Å²) in [5.74, 6) is 1.50. The lowest BCUT2D eigenvalue weighted by Gasteiger charge is -2.24. The van der Waals surface area contributed by atoms with Crippen LogP contribution >= 0.6 is 23.5 Å². The molecular weight excluding hydrogens is 749 g/mol. The molecule has 0 heterocycles. The lowest BCUT2D eigenvalue weighted by Crippen LogP contribution is -2.16. The molecule has 314 valence electrons. The van der Waals surface area contributed by atoms with Crippen molar-refractivity contribution in [1.29, 1.82) is 0 Å². The lowest BCUT2D eigenvalue weighted by atomic mass is 9.83. The third kappa shape index (κ3) is 18.5. The van der Waals surface area contributed by atoms with Gasteiger partial charge in [-0.1, -0.05) is 90.1 Å². The maximum Gasteiger partial charge on any atom is 0.167 e. The third-order valence-electron chi connectivity index (χ3n) is 9.35. The Morgan fingerprint density at radius 3 is 2.00 bits per heavy atom. The summed E-state index contributed by atoms with van der Waals surface area (Å²) >= 11 is 3.24. The van der Waals surface area contributed by atoms with Crippen LogP contribution in [0.2, 0.25) is 0 Å². The fourth-order valence-corrected chi connectivity index (χ4v) is 8.30. The van der Waals surface area contributed by atoms with E-state index in [-0.39, 0.29) is 53.2 Å². The molecule has 2 aromatic carbocycles. The highest BCUT2D eigenvalue weighted by atomic mass is 32.2. The number of thioether (sulfide) groups is 2. The molecule has 0 spiro atoms. The Morgan fingerprint density at radius 1 is 0.772 bits per heavy atom. The zero-order valence-electron chi connectivity index (χ0n) is 35.8. The Hall–Kier alpha value is -3.28. The van der Waals surface area contributed by atoms with Crippen LogP contribution in [0.1, 0.15) is 137 Å². The van der Waals surface area contributed by atoms with Crippen molar-refractivity contribution in [2.24, 2.45) is 22.6 Å². The highest BCUT2D eigenvalue weighted by Gasteiger charge is 2.23. The summed E-state index contributed by atoms with van der Waals surface area (Å²) < 4.78 is 0. The van der Waals surface area contributed by atoms with Crippen LogP contribution in [0.15, 0.2) is 76.2 Å². The van der Waals surface area contributed by atoms with Crippen molar-refractivity contribution in [3.8, 4) is 0 Å². The van der Waals surface area contributed by atoms with Crippen LogP contribution in [-0.2, 0) is 27.8 Å². The molecule has 0 radical (unpaired) electrons. The molecule has 2 aromatic rings. The number of nitrogens with two attached hydrogens (primary N) is 3. The van der Waals surface area contributed by atoms with E-state index < -0.39 is 0 Å². The van der Waals surface area contributed by atoms with Gasteiger partial charge in [-0.2, -0.15) is 0 Å². The summed E-state index contributed by atoms with van der Waals surface area (Å²) in [5.41, 5.74) is 22.9. The zero-order valence-corrected chi connectivity index (χ0v) is 37.5. The third-order valence-corrected chi connectivity index (χ3v) is 12.0. The summed E-state index contributed by atoms with van der Waals surface area (Å²) in [6.45, 7) is 20.7. The second kappa shape index (κ2) is 25.3. The second-order valence-electron chi connectivity index (χ2n) is 17.0. The van der Waals surface area contributed by atoms with Gasteiger partial charge in [-0.15, -0.1) is 23.5 Å². The van der Waals surface area contributed by atoms with E-state index in [9.17, 15) is 19.2 Å². The Labute approximate surface area is 352 Å². The van der Waals surface area contributed by atoms with Crippen molar-refractivity contribution in [1.82, 2.24) is 5.32 Å². The molecule has 0 amide bonds. The predicted octanol–water partition coefficient (Wildman–Crippen LogP) is 9.07. The molecule has 0 fully saturated rings. The summed E-state index contributed by atoms with van der Waals surface area (Å²) in [7, 11) is 0. The Bertz CT molecular complexity index is 1730. The smallest absolute Gasteiger partial charge is 0.167 e. The molecule has 7 N–H and O–H groups in total. The van der Waals surface area contributed by atoms with Crippen LogP contribution in [0, 0.1) is 5.41 Å². The lowest BCUT2D eigenvalue weighted by molar-refractivity contribution is -0.119. The van der Waals surface area contributed by atoms with Gasteiger partial charge in [-0.25, -0.2) is 0 Å². The normalized spacial score (nSPS) is 12.6. The number of carbonyl (C=O) groups excluding carboxylic acids is 4. The SMILES string of the molecule is C=CNCCCC(=O)CC(=C/CC(C)(C)C)/C(SCCN)=C(\C)CC(=O)c1cccc(C(=O)Cc2cc(C(C)(C)C)cc(CC(=O)CCCN)c2SCCCN)c1. The molecule has 0 bridgehead atoms. The van der Waals surface area contributed by atoms with E-state index in [1.807, 2.05) is 6.92 Å². The largest absolute Gasteiger partial charge is 0.391 e. The first-order valence-electron chi connectivity index (χ1n) is 20.4.